The number of hydrogen-bond acceptors (Lipinski definition) is 2. The predicted molar refractivity (Wildman–Crippen MR) is 69.7 cm³/mol. The highest BCUT2D eigenvalue weighted by molar-refractivity contribution is 5.77. The third kappa shape index (κ3) is 3.98. The number of carbonyl (C=O) groups is 1. The zero-order valence-corrected chi connectivity index (χ0v) is 11.6. The lowest BCUT2D eigenvalue weighted by Gasteiger charge is -2.38. The summed E-state index contributed by atoms with van der Waals surface area (Å²) in [5.74, 6) is 0.378. The molecular weight excluding hydrogens is 214 g/mol. The Morgan fingerprint density at radius 3 is 2.00 bits per heavy atom. The Hall–Kier alpha value is -0.570. The van der Waals surface area contributed by atoms with Gasteiger partial charge in [0.05, 0.1) is 0 Å². The first-order valence-electron chi connectivity index (χ1n) is 6.65. The normalized spacial score (nSPS) is 29.7. The summed E-state index contributed by atoms with van der Waals surface area (Å²) < 4.78 is 0. The lowest BCUT2D eigenvalue weighted by molar-refractivity contribution is -0.143. The molecule has 0 aromatic heterocycles. The van der Waals surface area contributed by atoms with Gasteiger partial charge in [0.15, 0.2) is 0 Å². The van der Waals surface area contributed by atoms with Gasteiger partial charge in [-0.3, -0.25) is 4.79 Å². The number of aliphatic carboxylic acids is 1. The molecule has 0 amide bonds. The fourth-order valence-corrected chi connectivity index (χ4v) is 2.92. The van der Waals surface area contributed by atoms with Gasteiger partial charge >= 0.3 is 5.97 Å². The number of carboxylic acids is 1. The first kappa shape index (κ1) is 14.5. The lowest BCUT2D eigenvalue weighted by Crippen LogP contribution is -2.46. The molecule has 0 radical (unpaired) electrons. The molecule has 1 aliphatic rings. The summed E-state index contributed by atoms with van der Waals surface area (Å²) >= 11 is 0. The molecule has 3 N–H and O–H groups in total. The molecule has 17 heavy (non-hydrogen) atoms. The molecule has 1 atom stereocenters. The van der Waals surface area contributed by atoms with Crippen molar-refractivity contribution in [3.8, 4) is 0 Å². The summed E-state index contributed by atoms with van der Waals surface area (Å²) in [5.41, 5.74) is 5.13. The van der Waals surface area contributed by atoms with Crippen LogP contribution in [0.1, 0.15) is 59.8 Å². The SMILES string of the molecule is CC(N)(CC1CCC(C(C)(C)C)CC1)C(=O)O. The van der Waals surface area contributed by atoms with Gasteiger partial charge in [0, 0.05) is 0 Å². The molecule has 1 aliphatic carbocycles. The van der Waals surface area contributed by atoms with E-state index in [1.54, 1.807) is 6.92 Å². The second kappa shape index (κ2) is 4.97. The van der Waals surface area contributed by atoms with Crippen molar-refractivity contribution in [2.75, 3.05) is 0 Å². The van der Waals surface area contributed by atoms with Gasteiger partial charge in [0.1, 0.15) is 5.54 Å². The maximum atomic E-state index is 11.0. The van der Waals surface area contributed by atoms with Crippen molar-refractivity contribution in [3.05, 3.63) is 0 Å². The van der Waals surface area contributed by atoms with Crippen molar-refractivity contribution < 1.29 is 9.90 Å². The smallest absolute Gasteiger partial charge is 0.323 e. The van der Waals surface area contributed by atoms with E-state index in [2.05, 4.69) is 20.8 Å². The fourth-order valence-electron chi connectivity index (χ4n) is 2.92. The van der Waals surface area contributed by atoms with Crippen molar-refractivity contribution in [1.29, 1.82) is 0 Å². The minimum atomic E-state index is -1.06. The van der Waals surface area contributed by atoms with Crippen molar-refractivity contribution in [1.82, 2.24) is 0 Å². The van der Waals surface area contributed by atoms with E-state index in [0.29, 0.717) is 17.8 Å². The van der Waals surface area contributed by atoms with E-state index in [9.17, 15) is 4.79 Å². The molecule has 3 nitrogen and oxygen atoms in total. The summed E-state index contributed by atoms with van der Waals surface area (Å²) in [6.07, 6.45) is 5.29. The maximum absolute atomic E-state index is 11.0. The van der Waals surface area contributed by atoms with Crippen LogP contribution in [-0.4, -0.2) is 16.6 Å². The van der Waals surface area contributed by atoms with E-state index in [-0.39, 0.29) is 0 Å². The minimum Gasteiger partial charge on any atom is -0.480 e. The van der Waals surface area contributed by atoms with E-state index in [1.165, 1.54) is 12.8 Å². The fraction of sp³-hybridized carbons (Fsp3) is 0.929. The topological polar surface area (TPSA) is 63.3 Å². The average Bonchev–Trinajstić information content (AvgIpc) is 2.16. The van der Waals surface area contributed by atoms with Crippen LogP contribution in [0.2, 0.25) is 0 Å². The highest BCUT2D eigenvalue weighted by Crippen LogP contribution is 2.41. The molecule has 1 rings (SSSR count). The van der Waals surface area contributed by atoms with Gasteiger partial charge < -0.3 is 10.8 Å². The molecule has 100 valence electrons. The van der Waals surface area contributed by atoms with Crippen LogP contribution < -0.4 is 5.73 Å². The summed E-state index contributed by atoms with van der Waals surface area (Å²) in [7, 11) is 0. The molecule has 0 heterocycles. The lowest BCUT2D eigenvalue weighted by atomic mass is 9.68. The van der Waals surface area contributed by atoms with Crippen LogP contribution in [0.25, 0.3) is 0 Å². The third-order valence-corrected chi connectivity index (χ3v) is 4.27. The summed E-state index contributed by atoms with van der Waals surface area (Å²) in [5, 5.41) is 9.03. The van der Waals surface area contributed by atoms with E-state index in [4.69, 9.17) is 10.8 Å². The summed E-state index contributed by atoms with van der Waals surface area (Å²) in [6.45, 7) is 8.51. The largest absolute Gasteiger partial charge is 0.480 e. The van der Waals surface area contributed by atoms with E-state index >= 15 is 0 Å². The summed E-state index contributed by atoms with van der Waals surface area (Å²) in [6, 6.07) is 0. The molecule has 1 unspecified atom stereocenters. The van der Waals surface area contributed by atoms with Crippen LogP contribution in [0.4, 0.5) is 0 Å². The highest BCUT2D eigenvalue weighted by Gasteiger charge is 2.35. The Bertz CT molecular complexity index is 270. The van der Waals surface area contributed by atoms with Crippen LogP contribution in [-0.2, 0) is 4.79 Å². The van der Waals surface area contributed by atoms with Crippen LogP contribution >= 0.6 is 0 Å². The van der Waals surface area contributed by atoms with E-state index in [0.717, 1.165) is 18.8 Å². The first-order chi connectivity index (χ1) is 7.63. The number of carboxylic acid groups (broad SMARTS) is 1. The highest BCUT2D eigenvalue weighted by atomic mass is 16.4. The van der Waals surface area contributed by atoms with E-state index < -0.39 is 11.5 Å². The summed E-state index contributed by atoms with van der Waals surface area (Å²) in [4.78, 5) is 11.0. The molecule has 0 saturated heterocycles. The van der Waals surface area contributed by atoms with Gasteiger partial charge in [-0.05, 0) is 43.4 Å². The van der Waals surface area contributed by atoms with Crippen molar-refractivity contribution in [2.45, 2.75) is 65.3 Å². The third-order valence-electron chi connectivity index (χ3n) is 4.27. The average molecular weight is 241 g/mol. The Labute approximate surface area is 105 Å². The van der Waals surface area contributed by atoms with Crippen LogP contribution in [0.15, 0.2) is 0 Å². The molecule has 1 saturated carbocycles. The second-order valence-electron chi connectivity index (χ2n) is 7.01. The standard InChI is InChI=1S/C14H27NO2/c1-13(2,3)11-7-5-10(6-8-11)9-14(4,15)12(16)17/h10-11H,5-9,15H2,1-4H3,(H,16,17). The van der Waals surface area contributed by atoms with Crippen molar-refractivity contribution >= 4 is 5.97 Å². The number of hydrogen-bond donors (Lipinski definition) is 2. The van der Waals surface area contributed by atoms with Gasteiger partial charge in [0.2, 0.25) is 0 Å². The van der Waals surface area contributed by atoms with Crippen molar-refractivity contribution in [2.24, 2.45) is 23.0 Å². The molecule has 0 spiro atoms. The molecular formula is C14H27NO2. The Balaban J connectivity index is 2.46. The monoisotopic (exact) mass is 241 g/mol. The van der Waals surface area contributed by atoms with Gasteiger partial charge in [-0.2, -0.15) is 0 Å². The second-order valence-corrected chi connectivity index (χ2v) is 7.01. The van der Waals surface area contributed by atoms with Gasteiger partial charge in [-0.15, -0.1) is 0 Å². The Morgan fingerprint density at radius 2 is 1.65 bits per heavy atom. The molecule has 0 aromatic rings. The molecule has 0 bridgehead atoms. The van der Waals surface area contributed by atoms with Gasteiger partial charge in [-0.25, -0.2) is 0 Å². The van der Waals surface area contributed by atoms with E-state index in [1.807, 2.05) is 0 Å². The number of nitrogens with two attached hydrogens (primary N) is 1. The maximum Gasteiger partial charge on any atom is 0.323 e. The Morgan fingerprint density at radius 1 is 1.18 bits per heavy atom. The minimum absolute atomic E-state index is 0.379. The molecule has 0 aromatic carbocycles. The quantitative estimate of drug-likeness (QED) is 0.798. The van der Waals surface area contributed by atoms with Gasteiger partial charge in [0.25, 0.3) is 0 Å². The molecule has 1 fully saturated rings. The Kier molecular flexibility index (Phi) is 4.23. The molecule has 3 heteroatoms. The zero-order valence-electron chi connectivity index (χ0n) is 11.6. The van der Waals surface area contributed by atoms with Crippen LogP contribution in [0.3, 0.4) is 0 Å². The van der Waals surface area contributed by atoms with Crippen LogP contribution in [0.5, 0.6) is 0 Å². The first-order valence-corrected chi connectivity index (χ1v) is 6.65. The van der Waals surface area contributed by atoms with Gasteiger partial charge in [-0.1, -0.05) is 33.6 Å². The zero-order chi connectivity index (χ0) is 13.3. The molecule has 0 aliphatic heterocycles. The van der Waals surface area contributed by atoms with Crippen LogP contribution in [0, 0.1) is 17.3 Å². The van der Waals surface area contributed by atoms with Crippen molar-refractivity contribution in [3.63, 3.8) is 0 Å². The number of rotatable bonds is 3. The predicted octanol–water partition coefficient (Wildman–Crippen LogP) is 3.03.